The molecule has 0 saturated carbocycles. The second-order valence-electron chi connectivity index (χ2n) is 6.97. The molecule has 0 aliphatic heterocycles. The molecule has 0 atom stereocenters. The highest BCUT2D eigenvalue weighted by molar-refractivity contribution is 7.22. The Morgan fingerprint density at radius 3 is 2.41 bits per heavy atom. The fraction of sp³-hybridized carbons (Fsp3) is 0.250. The molecule has 3 aromatic carbocycles. The van der Waals surface area contributed by atoms with E-state index in [4.69, 9.17) is 4.98 Å². The van der Waals surface area contributed by atoms with E-state index in [0.717, 1.165) is 51.3 Å². The van der Waals surface area contributed by atoms with E-state index >= 15 is 0 Å². The third kappa shape index (κ3) is 4.02. The molecule has 0 aliphatic carbocycles. The van der Waals surface area contributed by atoms with Crippen LogP contribution in [0.25, 0.3) is 21.0 Å². The van der Waals surface area contributed by atoms with Crippen LogP contribution in [-0.2, 0) is 0 Å². The predicted octanol–water partition coefficient (Wildman–Crippen LogP) is 5.44. The van der Waals surface area contributed by atoms with Crippen molar-refractivity contribution in [1.29, 1.82) is 0 Å². The number of anilines is 1. The molecule has 1 amide bonds. The minimum Gasteiger partial charge on any atom is -0.302 e. The monoisotopic (exact) mass is 403 g/mol. The number of likely N-dealkylation sites (N-methyl/N-ethyl adjacent to an activating group) is 1. The maximum Gasteiger partial charge on any atom is 0.260 e. The summed E-state index contributed by atoms with van der Waals surface area (Å²) >= 11 is 1.58. The summed E-state index contributed by atoms with van der Waals surface area (Å²) in [4.78, 5) is 22.7. The van der Waals surface area contributed by atoms with Crippen LogP contribution in [0.5, 0.6) is 0 Å². The molecule has 0 saturated heterocycles. The van der Waals surface area contributed by atoms with Gasteiger partial charge in [-0.15, -0.1) is 0 Å². The summed E-state index contributed by atoms with van der Waals surface area (Å²) in [6.45, 7) is 7.67. The van der Waals surface area contributed by atoms with E-state index in [0.29, 0.717) is 6.54 Å². The van der Waals surface area contributed by atoms with Gasteiger partial charge in [-0.2, -0.15) is 0 Å². The fourth-order valence-electron chi connectivity index (χ4n) is 3.60. The number of hydrogen-bond donors (Lipinski definition) is 0. The van der Waals surface area contributed by atoms with E-state index in [1.807, 2.05) is 65.6 Å². The highest BCUT2D eigenvalue weighted by Gasteiger charge is 2.23. The fourth-order valence-corrected chi connectivity index (χ4v) is 4.59. The molecule has 0 radical (unpaired) electrons. The number of fused-ring (bicyclic) bond motifs is 2. The van der Waals surface area contributed by atoms with Crippen LogP contribution in [0.1, 0.15) is 24.2 Å². The van der Waals surface area contributed by atoms with Gasteiger partial charge in [0.05, 0.1) is 10.2 Å². The molecule has 1 heterocycles. The summed E-state index contributed by atoms with van der Waals surface area (Å²) in [5.41, 5.74) is 1.66. The summed E-state index contributed by atoms with van der Waals surface area (Å²) in [7, 11) is 0. The number of para-hydroxylation sites is 1. The molecular weight excluding hydrogens is 378 g/mol. The highest BCUT2D eigenvalue weighted by Crippen LogP contribution is 2.30. The Morgan fingerprint density at radius 2 is 1.62 bits per heavy atom. The SMILES string of the molecule is CCN(CC)CCN(C(=O)c1cccc2ccccc12)c1nc2ccccc2s1. The average Bonchev–Trinajstić information content (AvgIpc) is 3.20. The molecule has 4 aromatic rings. The number of thiazole rings is 1. The summed E-state index contributed by atoms with van der Waals surface area (Å²) in [5.74, 6) is 0.00742. The van der Waals surface area contributed by atoms with Crippen molar-refractivity contribution in [2.45, 2.75) is 13.8 Å². The van der Waals surface area contributed by atoms with Crippen molar-refractivity contribution in [2.75, 3.05) is 31.1 Å². The molecule has 1 aromatic heterocycles. The summed E-state index contributed by atoms with van der Waals surface area (Å²) in [6.07, 6.45) is 0. The molecular formula is C24H25N3OS. The standard InChI is InChI=1S/C24H25N3OS/c1-3-26(4-2)16-17-27(24-25-21-14-7-8-15-22(21)29-24)23(28)20-13-9-11-18-10-5-6-12-19(18)20/h5-15H,3-4,16-17H2,1-2H3. The molecule has 5 heteroatoms. The van der Waals surface area contributed by atoms with Gasteiger partial charge in [0.1, 0.15) is 0 Å². The number of hydrogen-bond acceptors (Lipinski definition) is 4. The lowest BCUT2D eigenvalue weighted by Crippen LogP contribution is -2.39. The number of amides is 1. The highest BCUT2D eigenvalue weighted by atomic mass is 32.1. The van der Waals surface area contributed by atoms with Crippen molar-refractivity contribution < 1.29 is 4.79 Å². The third-order valence-corrected chi connectivity index (χ3v) is 6.37. The van der Waals surface area contributed by atoms with Crippen LogP contribution < -0.4 is 4.90 Å². The van der Waals surface area contributed by atoms with Gasteiger partial charge in [-0.3, -0.25) is 9.69 Å². The van der Waals surface area contributed by atoms with E-state index < -0.39 is 0 Å². The van der Waals surface area contributed by atoms with E-state index in [-0.39, 0.29) is 5.91 Å². The van der Waals surface area contributed by atoms with E-state index in [1.165, 1.54) is 0 Å². The smallest absolute Gasteiger partial charge is 0.260 e. The summed E-state index contributed by atoms with van der Waals surface area (Å²) < 4.78 is 1.10. The Kier molecular flexibility index (Phi) is 5.88. The third-order valence-electron chi connectivity index (χ3n) is 5.31. The number of aromatic nitrogens is 1. The largest absolute Gasteiger partial charge is 0.302 e. The molecule has 0 unspecified atom stereocenters. The maximum absolute atomic E-state index is 13.7. The first kappa shape index (κ1) is 19.6. The molecule has 0 N–H and O–H groups in total. The van der Waals surface area contributed by atoms with Crippen molar-refractivity contribution in [1.82, 2.24) is 9.88 Å². The van der Waals surface area contributed by atoms with E-state index in [1.54, 1.807) is 11.3 Å². The van der Waals surface area contributed by atoms with Crippen LogP contribution >= 0.6 is 11.3 Å². The first-order chi connectivity index (χ1) is 14.2. The molecule has 148 valence electrons. The lowest BCUT2D eigenvalue weighted by molar-refractivity contribution is 0.0985. The number of carbonyl (C=O) groups excluding carboxylic acids is 1. The van der Waals surface area contributed by atoms with Gasteiger partial charge in [0.2, 0.25) is 0 Å². The van der Waals surface area contributed by atoms with Gasteiger partial charge < -0.3 is 4.90 Å². The zero-order chi connectivity index (χ0) is 20.2. The first-order valence-electron chi connectivity index (χ1n) is 10.1. The van der Waals surface area contributed by atoms with Crippen LogP contribution in [0.4, 0.5) is 5.13 Å². The Morgan fingerprint density at radius 1 is 0.897 bits per heavy atom. The van der Waals surface area contributed by atoms with Gasteiger partial charge in [0.25, 0.3) is 5.91 Å². The second-order valence-corrected chi connectivity index (χ2v) is 7.98. The van der Waals surface area contributed by atoms with Crippen molar-refractivity contribution in [3.63, 3.8) is 0 Å². The lowest BCUT2D eigenvalue weighted by Gasteiger charge is -2.25. The zero-order valence-electron chi connectivity index (χ0n) is 16.8. The van der Waals surface area contributed by atoms with Crippen molar-refractivity contribution >= 4 is 43.4 Å². The Bertz CT molecular complexity index is 1090. The summed E-state index contributed by atoms with van der Waals surface area (Å²) in [5, 5.41) is 2.82. The topological polar surface area (TPSA) is 36.4 Å². The minimum atomic E-state index is 0.00742. The van der Waals surface area contributed by atoms with Crippen molar-refractivity contribution in [3.05, 3.63) is 72.3 Å². The maximum atomic E-state index is 13.7. The Labute approximate surface area is 175 Å². The predicted molar refractivity (Wildman–Crippen MR) is 123 cm³/mol. The quantitative estimate of drug-likeness (QED) is 0.412. The first-order valence-corrected chi connectivity index (χ1v) is 10.9. The molecule has 29 heavy (non-hydrogen) atoms. The number of rotatable bonds is 7. The number of benzene rings is 3. The summed E-state index contributed by atoms with van der Waals surface area (Å²) in [6, 6.07) is 22.0. The molecule has 0 aliphatic rings. The second kappa shape index (κ2) is 8.72. The number of nitrogens with zero attached hydrogens (tertiary/aromatic N) is 3. The molecule has 0 bridgehead atoms. The normalized spacial score (nSPS) is 11.4. The molecule has 0 fully saturated rings. The molecule has 4 nitrogen and oxygen atoms in total. The van der Waals surface area contributed by atoms with Gasteiger partial charge >= 0.3 is 0 Å². The van der Waals surface area contributed by atoms with Gasteiger partial charge in [-0.05, 0) is 42.1 Å². The van der Waals surface area contributed by atoms with Crippen LogP contribution in [0, 0.1) is 0 Å². The van der Waals surface area contributed by atoms with Gasteiger partial charge in [0, 0.05) is 18.7 Å². The Hall–Kier alpha value is -2.76. The lowest BCUT2D eigenvalue weighted by atomic mass is 10.0. The van der Waals surface area contributed by atoms with Crippen LogP contribution in [0.15, 0.2) is 66.7 Å². The van der Waals surface area contributed by atoms with Crippen LogP contribution in [0.2, 0.25) is 0 Å². The minimum absolute atomic E-state index is 0.00742. The van der Waals surface area contributed by atoms with E-state index in [9.17, 15) is 4.79 Å². The van der Waals surface area contributed by atoms with Crippen LogP contribution in [-0.4, -0.2) is 42.0 Å². The Balaban J connectivity index is 1.75. The molecule has 4 rings (SSSR count). The van der Waals surface area contributed by atoms with Gasteiger partial charge in [0.15, 0.2) is 5.13 Å². The van der Waals surface area contributed by atoms with Crippen LogP contribution in [0.3, 0.4) is 0 Å². The molecule has 0 spiro atoms. The van der Waals surface area contributed by atoms with E-state index in [2.05, 4.69) is 24.8 Å². The van der Waals surface area contributed by atoms with Crippen molar-refractivity contribution in [3.8, 4) is 0 Å². The number of carbonyl (C=O) groups is 1. The average molecular weight is 404 g/mol. The van der Waals surface area contributed by atoms with Gasteiger partial charge in [-0.25, -0.2) is 4.98 Å². The zero-order valence-corrected chi connectivity index (χ0v) is 17.7. The van der Waals surface area contributed by atoms with Gasteiger partial charge in [-0.1, -0.05) is 73.7 Å². The van der Waals surface area contributed by atoms with Crippen molar-refractivity contribution in [2.24, 2.45) is 0 Å².